The molecule has 0 atom stereocenters. The van der Waals surface area contributed by atoms with E-state index in [0.29, 0.717) is 25.9 Å². The molecule has 2 heterocycles. The summed E-state index contributed by atoms with van der Waals surface area (Å²) in [5.41, 5.74) is 3.65. The summed E-state index contributed by atoms with van der Waals surface area (Å²) in [6.45, 7) is 1.03. The number of hydrogen-bond acceptors (Lipinski definition) is 5. The van der Waals surface area contributed by atoms with Gasteiger partial charge in [0.2, 0.25) is 5.91 Å². The largest absolute Gasteiger partial charge is 0.508 e. The van der Waals surface area contributed by atoms with Crippen LogP contribution in [0.2, 0.25) is 0 Å². The molecule has 7 nitrogen and oxygen atoms in total. The standard InChI is InChI=1S/C24H24N4O3/c1-31-20-10-6-18(7-11-20)16-28-22(27-21-3-2-14-25-24(21)28)12-13-23(30)26-15-17-4-8-19(29)9-5-17/h2-11,14,29H,12-13,15-16H2,1H3,(H,26,30). The van der Waals surface area contributed by atoms with E-state index in [1.165, 1.54) is 0 Å². The Morgan fingerprint density at radius 1 is 1.06 bits per heavy atom. The number of phenolic OH excluding ortho intramolecular Hbond substituents is 1. The average Bonchev–Trinajstić information content (AvgIpc) is 3.15. The Morgan fingerprint density at radius 3 is 2.55 bits per heavy atom. The summed E-state index contributed by atoms with van der Waals surface area (Å²) >= 11 is 0. The van der Waals surface area contributed by atoms with Crippen molar-refractivity contribution in [2.24, 2.45) is 0 Å². The summed E-state index contributed by atoms with van der Waals surface area (Å²) in [6, 6.07) is 18.5. The van der Waals surface area contributed by atoms with Gasteiger partial charge in [-0.25, -0.2) is 9.97 Å². The Labute approximate surface area is 180 Å². The highest BCUT2D eigenvalue weighted by molar-refractivity contribution is 5.76. The molecule has 7 heteroatoms. The van der Waals surface area contributed by atoms with E-state index < -0.39 is 0 Å². The highest BCUT2D eigenvalue weighted by Crippen LogP contribution is 2.19. The molecule has 0 fully saturated rings. The van der Waals surface area contributed by atoms with Gasteiger partial charge in [-0.1, -0.05) is 24.3 Å². The lowest BCUT2D eigenvalue weighted by Gasteiger charge is -2.10. The number of methoxy groups -OCH3 is 1. The lowest BCUT2D eigenvalue weighted by molar-refractivity contribution is -0.121. The van der Waals surface area contributed by atoms with E-state index in [0.717, 1.165) is 33.9 Å². The second-order valence-corrected chi connectivity index (χ2v) is 7.25. The number of aromatic nitrogens is 3. The number of aryl methyl sites for hydroxylation is 1. The summed E-state index contributed by atoms with van der Waals surface area (Å²) in [5, 5.41) is 12.3. The molecule has 0 saturated carbocycles. The molecule has 0 bridgehead atoms. The van der Waals surface area contributed by atoms with Gasteiger partial charge in [0.25, 0.3) is 0 Å². The van der Waals surface area contributed by atoms with Gasteiger partial charge in [0.15, 0.2) is 5.65 Å². The van der Waals surface area contributed by atoms with Crippen molar-refractivity contribution in [1.82, 2.24) is 19.9 Å². The number of benzene rings is 2. The summed E-state index contributed by atoms with van der Waals surface area (Å²) in [4.78, 5) is 21.6. The third kappa shape index (κ3) is 5.01. The van der Waals surface area contributed by atoms with Crippen molar-refractivity contribution in [2.75, 3.05) is 7.11 Å². The number of aromatic hydroxyl groups is 1. The quantitative estimate of drug-likeness (QED) is 0.459. The van der Waals surface area contributed by atoms with E-state index in [9.17, 15) is 9.90 Å². The van der Waals surface area contributed by atoms with Crippen LogP contribution < -0.4 is 10.1 Å². The van der Waals surface area contributed by atoms with Crippen molar-refractivity contribution < 1.29 is 14.6 Å². The van der Waals surface area contributed by atoms with Gasteiger partial charge in [0, 0.05) is 25.6 Å². The molecule has 4 aromatic rings. The summed E-state index contributed by atoms with van der Waals surface area (Å²) in [5.74, 6) is 1.79. The molecule has 2 N–H and O–H groups in total. The molecule has 0 radical (unpaired) electrons. The van der Waals surface area contributed by atoms with Crippen LogP contribution in [0.4, 0.5) is 0 Å². The van der Waals surface area contributed by atoms with Crippen molar-refractivity contribution in [3.8, 4) is 11.5 Å². The molecule has 1 amide bonds. The smallest absolute Gasteiger partial charge is 0.220 e. The first-order valence-corrected chi connectivity index (χ1v) is 10.1. The fraction of sp³-hybridized carbons (Fsp3) is 0.208. The van der Waals surface area contributed by atoms with Crippen LogP contribution in [-0.4, -0.2) is 32.7 Å². The van der Waals surface area contributed by atoms with Crippen LogP contribution in [-0.2, 0) is 24.3 Å². The number of amides is 1. The summed E-state index contributed by atoms with van der Waals surface area (Å²) in [6.07, 6.45) is 2.58. The molecular formula is C24H24N4O3. The molecule has 158 valence electrons. The summed E-state index contributed by atoms with van der Waals surface area (Å²) in [7, 11) is 1.65. The van der Waals surface area contributed by atoms with Crippen LogP contribution in [0.3, 0.4) is 0 Å². The second-order valence-electron chi connectivity index (χ2n) is 7.25. The lowest BCUT2D eigenvalue weighted by atomic mass is 10.2. The first kappa shape index (κ1) is 20.4. The molecule has 0 aliphatic heterocycles. The summed E-state index contributed by atoms with van der Waals surface area (Å²) < 4.78 is 7.30. The third-order valence-corrected chi connectivity index (χ3v) is 5.08. The van der Waals surface area contributed by atoms with E-state index in [1.54, 1.807) is 37.6 Å². The van der Waals surface area contributed by atoms with Gasteiger partial charge in [-0.3, -0.25) is 4.79 Å². The number of fused-ring (bicyclic) bond motifs is 1. The number of hydrogen-bond donors (Lipinski definition) is 2. The van der Waals surface area contributed by atoms with E-state index in [1.807, 2.05) is 36.4 Å². The minimum absolute atomic E-state index is 0.0518. The normalized spacial score (nSPS) is 10.9. The lowest BCUT2D eigenvalue weighted by Crippen LogP contribution is -2.23. The first-order valence-electron chi connectivity index (χ1n) is 10.1. The molecular weight excluding hydrogens is 392 g/mol. The van der Waals surface area contributed by atoms with E-state index >= 15 is 0 Å². The third-order valence-electron chi connectivity index (χ3n) is 5.08. The van der Waals surface area contributed by atoms with Crippen LogP contribution in [0.5, 0.6) is 11.5 Å². The maximum atomic E-state index is 12.4. The van der Waals surface area contributed by atoms with Gasteiger partial charge in [0.05, 0.1) is 13.7 Å². The van der Waals surface area contributed by atoms with Crippen molar-refractivity contribution in [2.45, 2.75) is 25.9 Å². The van der Waals surface area contributed by atoms with Gasteiger partial charge in [0.1, 0.15) is 22.8 Å². The number of carbonyl (C=O) groups is 1. The monoisotopic (exact) mass is 416 g/mol. The second kappa shape index (κ2) is 9.30. The van der Waals surface area contributed by atoms with Gasteiger partial charge >= 0.3 is 0 Å². The van der Waals surface area contributed by atoms with Crippen molar-refractivity contribution in [1.29, 1.82) is 0 Å². The fourth-order valence-corrected chi connectivity index (χ4v) is 3.40. The van der Waals surface area contributed by atoms with E-state index in [-0.39, 0.29) is 11.7 Å². The van der Waals surface area contributed by atoms with Crippen LogP contribution in [0.15, 0.2) is 66.9 Å². The number of rotatable bonds is 8. The molecule has 0 aliphatic rings. The Balaban J connectivity index is 1.45. The molecule has 2 aromatic heterocycles. The molecule has 0 spiro atoms. The molecule has 0 aliphatic carbocycles. The van der Waals surface area contributed by atoms with Crippen molar-refractivity contribution >= 4 is 17.1 Å². The molecule has 31 heavy (non-hydrogen) atoms. The van der Waals surface area contributed by atoms with Crippen LogP contribution in [0.25, 0.3) is 11.2 Å². The number of carbonyl (C=O) groups excluding carboxylic acids is 1. The minimum Gasteiger partial charge on any atom is -0.508 e. The van der Waals surface area contributed by atoms with Crippen LogP contribution in [0, 0.1) is 0 Å². The number of nitrogens with zero attached hydrogens (tertiary/aromatic N) is 3. The van der Waals surface area contributed by atoms with Crippen molar-refractivity contribution in [3.05, 3.63) is 83.8 Å². The van der Waals surface area contributed by atoms with Gasteiger partial charge in [-0.05, 0) is 47.5 Å². The number of phenols is 1. The highest BCUT2D eigenvalue weighted by Gasteiger charge is 2.14. The molecule has 4 rings (SSSR count). The number of pyridine rings is 1. The Hall–Kier alpha value is -3.87. The Kier molecular flexibility index (Phi) is 6.12. The predicted octanol–water partition coefficient (Wildman–Crippen LogP) is 3.44. The molecule has 0 saturated heterocycles. The van der Waals surface area contributed by atoms with Crippen LogP contribution >= 0.6 is 0 Å². The number of nitrogens with one attached hydrogen (secondary N) is 1. The maximum Gasteiger partial charge on any atom is 0.220 e. The van der Waals surface area contributed by atoms with Crippen LogP contribution in [0.1, 0.15) is 23.4 Å². The first-order chi connectivity index (χ1) is 15.1. The Morgan fingerprint density at radius 2 is 1.81 bits per heavy atom. The molecule has 2 aromatic carbocycles. The highest BCUT2D eigenvalue weighted by atomic mass is 16.5. The predicted molar refractivity (Wildman–Crippen MR) is 118 cm³/mol. The maximum absolute atomic E-state index is 12.4. The van der Waals surface area contributed by atoms with Crippen molar-refractivity contribution in [3.63, 3.8) is 0 Å². The minimum atomic E-state index is -0.0518. The average molecular weight is 416 g/mol. The number of imidazole rings is 1. The molecule has 0 unspecified atom stereocenters. The topological polar surface area (TPSA) is 89.3 Å². The van der Waals surface area contributed by atoms with E-state index in [2.05, 4.69) is 14.9 Å². The van der Waals surface area contributed by atoms with Gasteiger partial charge in [-0.15, -0.1) is 0 Å². The SMILES string of the molecule is COc1ccc(Cn2c(CCC(=O)NCc3ccc(O)cc3)nc3cccnc32)cc1. The zero-order valence-corrected chi connectivity index (χ0v) is 17.3. The van der Waals surface area contributed by atoms with Gasteiger partial charge < -0.3 is 19.7 Å². The zero-order chi connectivity index (χ0) is 21.6. The Bertz CT molecular complexity index is 1170. The zero-order valence-electron chi connectivity index (χ0n) is 17.3. The number of ether oxygens (including phenoxy) is 1. The van der Waals surface area contributed by atoms with Gasteiger partial charge in [-0.2, -0.15) is 0 Å². The fourth-order valence-electron chi connectivity index (χ4n) is 3.40. The van der Waals surface area contributed by atoms with E-state index in [4.69, 9.17) is 9.72 Å².